The van der Waals surface area contributed by atoms with Gasteiger partial charge in [0.25, 0.3) is 11.8 Å². The second kappa shape index (κ2) is 6.60. The van der Waals surface area contributed by atoms with Crippen LogP contribution in [0, 0.1) is 5.82 Å². The molecule has 1 aromatic carbocycles. The number of pyridine rings is 1. The molecule has 0 aliphatic heterocycles. The molecule has 2 aromatic rings. The van der Waals surface area contributed by atoms with Crippen molar-refractivity contribution in [3.05, 3.63) is 59.7 Å². The molecule has 21 heavy (non-hydrogen) atoms. The molecule has 0 aliphatic rings. The number of benzene rings is 1. The first-order valence-corrected chi connectivity index (χ1v) is 6.41. The van der Waals surface area contributed by atoms with E-state index in [1.165, 1.54) is 18.3 Å². The van der Waals surface area contributed by atoms with Gasteiger partial charge < -0.3 is 10.6 Å². The van der Waals surface area contributed by atoms with E-state index < -0.39 is 11.7 Å². The first-order valence-electron chi connectivity index (χ1n) is 6.41. The predicted octanol–water partition coefficient (Wildman–Crippen LogP) is 2.22. The van der Waals surface area contributed by atoms with Gasteiger partial charge in [-0.15, -0.1) is 0 Å². The molecule has 1 heterocycles. The number of aromatic nitrogens is 1. The third-order valence-corrected chi connectivity index (χ3v) is 2.74. The third kappa shape index (κ3) is 3.62. The summed E-state index contributed by atoms with van der Waals surface area (Å²) < 4.78 is 13.5. The molecule has 0 bridgehead atoms. The third-order valence-electron chi connectivity index (χ3n) is 2.74. The highest BCUT2D eigenvalue weighted by atomic mass is 19.1. The Labute approximate surface area is 121 Å². The predicted molar refractivity (Wildman–Crippen MR) is 76.6 cm³/mol. The van der Waals surface area contributed by atoms with Crippen LogP contribution < -0.4 is 10.6 Å². The molecule has 0 unspecified atom stereocenters. The van der Waals surface area contributed by atoms with Crippen LogP contribution in [0.25, 0.3) is 0 Å². The number of hydrogen-bond donors (Lipinski definition) is 2. The Kier molecular flexibility index (Phi) is 4.61. The van der Waals surface area contributed by atoms with Gasteiger partial charge in [-0.2, -0.15) is 0 Å². The van der Waals surface area contributed by atoms with E-state index in [9.17, 15) is 14.0 Å². The van der Waals surface area contributed by atoms with Crippen molar-refractivity contribution >= 4 is 17.5 Å². The lowest BCUT2D eigenvalue weighted by molar-refractivity contribution is 0.0954. The lowest BCUT2D eigenvalue weighted by atomic mass is 10.1. The van der Waals surface area contributed by atoms with Gasteiger partial charge in [0.1, 0.15) is 0 Å². The van der Waals surface area contributed by atoms with Gasteiger partial charge >= 0.3 is 0 Å². The van der Waals surface area contributed by atoms with Crippen LogP contribution in [0.5, 0.6) is 0 Å². The van der Waals surface area contributed by atoms with Gasteiger partial charge in [-0.1, -0.05) is 6.07 Å². The maximum absolute atomic E-state index is 13.5. The lowest BCUT2D eigenvalue weighted by Crippen LogP contribution is -2.22. The van der Waals surface area contributed by atoms with Crippen molar-refractivity contribution in [3.63, 3.8) is 0 Å². The van der Waals surface area contributed by atoms with E-state index in [-0.39, 0.29) is 11.5 Å². The van der Waals surface area contributed by atoms with E-state index in [4.69, 9.17) is 0 Å². The second-order valence-electron chi connectivity index (χ2n) is 4.25. The Balaban J connectivity index is 2.17. The zero-order chi connectivity index (χ0) is 15.2. The van der Waals surface area contributed by atoms with E-state index in [1.54, 1.807) is 18.2 Å². The van der Waals surface area contributed by atoms with E-state index in [1.807, 2.05) is 6.92 Å². The fourth-order valence-corrected chi connectivity index (χ4v) is 1.76. The number of anilines is 1. The summed E-state index contributed by atoms with van der Waals surface area (Å²) in [7, 11) is 0. The van der Waals surface area contributed by atoms with Crippen LogP contribution in [-0.2, 0) is 0 Å². The van der Waals surface area contributed by atoms with Crippen LogP contribution in [0.15, 0.2) is 42.7 Å². The molecule has 2 rings (SSSR count). The standard InChI is InChI=1S/C15H14FN3O2/c1-2-18-14(20)10-4-3-5-11(8-10)19-15(21)12-6-7-17-9-13(12)16/h3-9H,2H2,1H3,(H,18,20)(H,19,21). The second-order valence-corrected chi connectivity index (χ2v) is 4.25. The smallest absolute Gasteiger partial charge is 0.258 e. The molecular formula is C15H14FN3O2. The number of amides is 2. The van der Waals surface area contributed by atoms with Crippen LogP contribution in [0.4, 0.5) is 10.1 Å². The van der Waals surface area contributed by atoms with Crippen molar-refractivity contribution in [2.75, 3.05) is 11.9 Å². The van der Waals surface area contributed by atoms with Crippen molar-refractivity contribution in [3.8, 4) is 0 Å². The van der Waals surface area contributed by atoms with Crippen LogP contribution in [0.1, 0.15) is 27.6 Å². The monoisotopic (exact) mass is 287 g/mol. The number of nitrogens with one attached hydrogen (secondary N) is 2. The molecule has 0 atom stereocenters. The number of rotatable bonds is 4. The van der Waals surface area contributed by atoms with Gasteiger partial charge in [-0.05, 0) is 31.2 Å². The summed E-state index contributed by atoms with van der Waals surface area (Å²) in [6.45, 7) is 2.33. The minimum Gasteiger partial charge on any atom is -0.352 e. The van der Waals surface area contributed by atoms with Gasteiger partial charge in [0.2, 0.25) is 0 Å². The minimum atomic E-state index is -0.699. The first kappa shape index (κ1) is 14.6. The lowest BCUT2D eigenvalue weighted by Gasteiger charge is -2.08. The molecule has 0 fully saturated rings. The van der Waals surface area contributed by atoms with E-state index >= 15 is 0 Å². The molecule has 108 valence electrons. The number of hydrogen-bond acceptors (Lipinski definition) is 3. The fourth-order valence-electron chi connectivity index (χ4n) is 1.76. The molecule has 0 aliphatic carbocycles. The number of halogens is 1. The zero-order valence-electron chi connectivity index (χ0n) is 11.4. The molecule has 0 radical (unpaired) electrons. The first-order chi connectivity index (χ1) is 10.1. The van der Waals surface area contributed by atoms with E-state index in [2.05, 4.69) is 15.6 Å². The van der Waals surface area contributed by atoms with E-state index in [0.29, 0.717) is 17.8 Å². The summed E-state index contributed by atoms with van der Waals surface area (Å²) in [6.07, 6.45) is 2.31. The summed E-state index contributed by atoms with van der Waals surface area (Å²) in [4.78, 5) is 27.3. The van der Waals surface area contributed by atoms with Crippen molar-refractivity contribution in [2.45, 2.75) is 6.92 Å². The SMILES string of the molecule is CCNC(=O)c1cccc(NC(=O)c2ccncc2F)c1. The molecule has 2 N–H and O–H groups in total. The largest absolute Gasteiger partial charge is 0.352 e. The Bertz CT molecular complexity index is 673. The normalized spacial score (nSPS) is 10.0. The number of carbonyl (C=O) groups excluding carboxylic acids is 2. The van der Waals surface area contributed by atoms with Crippen molar-refractivity contribution < 1.29 is 14.0 Å². The summed E-state index contributed by atoms with van der Waals surface area (Å²) in [5, 5.41) is 5.21. The van der Waals surface area contributed by atoms with Crippen molar-refractivity contribution in [2.24, 2.45) is 0 Å². The summed E-state index contributed by atoms with van der Waals surface area (Å²) in [6, 6.07) is 7.72. The quantitative estimate of drug-likeness (QED) is 0.905. The fraction of sp³-hybridized carbons (Fsp3) is 0.133. The molecule has 0 spiro atoms. The van der Waals surface area contributed by atoms with Gasteiger partial charge in [0.15, 0.2) is 5.82 Å². The Morgan fingerprint density at radius 3 is 2.76 bits per heavy atom. The molecule has 0 saturated heterocycles. The highest BCUT2D eigenvalue weighted by Crippen LogP contribution is 2.13. The number of carbonyl (C=O) groups is 2. The Morgan fingerprint density at radius 2 is 2.05 bits per heavy atom. The zero-order valence-corrected chi connectivity index (χ0v) is 11.4. The summed E-state index contributed by atoms with van der Waals surface area (Å²) in [5.74, 6) is -1.53. The van der Waals surface area contributed by atoms with Crippen molar-refractivity contribution in [1.82, 2.24) is 10.3 Å². The number of nitrogens with zero attached hydrogens (tertiary/aromatic N) is 1. The highest BCUT2D eigenvalue weighted by molar-refractivity contribution is 6.05. The molecule has 5 nitrogen and oxygen atoms in total. The van der Waals surface area contributed by atoms with Crippen LogP contribution >= 0.6 is 0 Å². The van der Waals surface area contributed by atoms with E-state index in [0.717, 1.165) is 6.20 Å². The Hall–Kier alpha value is -2.76. The summed E-state index contributed by atoms with van der Waals surface area (Å²) >= 11 is 0. The topological polar surface area (TPSA) is 71.1 Å². The van der Waals surface area contributed by atoms with Gasteiger partial charge in [0, 0.05) is 24.0 Å². The van der Waals surface area contributed by atoms with Crippen LogP contribution in [-0.4, -0.2) is 23.3 Å². The summed E-state index contributed by atoms with van der Waals surface area (Å²) in [5.41, 5.74) is 0.734. The Morgan fingerprint density at radius 1 is 1.24 bits per heavy atom. The average molecular weight is 287 g/mol. The molecule has 0 saturated carbocycles. The van der Waals surface area contributed by atoms with Gasteiger partial charge in [-0.3, -0.25) is 14.6 Å². The molecule has 6 heteroatoms. The van der Waals surface area contributed by atoms with Gasteiger partial charge in [0.05, 0.1) is 11.8 Å². The minimum absolute atomic E-state index is 0.103. The maximum atomic E-state index is 13.5. The van der Waals surface area contributed by atoms with Crippen LogP contribution in [0.2, 0.25) is 0 Å². The average Bonchev–Trinajstić information content (AvgIpc) is 2.48. The van der Waals surface area contributed by atoms with Gasteiger partial charge in [-0.25, -0.2) is 4.39 Å². The highest BCUT2D eigenvalue weighted by Gasteiger charge is 2.12. The molecular weight excluding hydrogens is 273 g/mol. The van der Waals surface area contributed by atoms with Crippen LogP contribution in [0.3, 0.4) is 0 Å². The molecule has 1 aromatic heterocycles. The molecule has 2 amide bonds. The van der Waals surface area contributed by atoms with Crippen molar-refractivity contribution in [1.29, 1.82) is 0 Å². The maximum Gasteiger partial charge on any atom is 0.258 e.